The molecule has 2 rings (SSSR count). The van der Waals surface area contributed by atoms with Crippen molar-refractivity contribution in [3.8, 4) is 11.5 Å². The third-order valence-corrected chi connectivity index (χ3v) is 7.04. The number of rotatable bonds is 11. The average molecular weight is 469 g/mol. The fourth-order valence-electron chi connectivity index (χ4n) is 2.98. The van der Waals surface area contributed by atoms with Gasteiger partial charge in [-0.1, -0.05) is 38.4 Å². The summed E-state index contributed by atoms with van der Waals surface area (Å²) in [6.07, 6.45) is 0.880. The van der Waals surface area contributed by atoms with Crippen LogP contribution in [0.5, 0.6) is 11.5 Å². The zero-order valence-electron chi connectivity index (χ0n) is 18.3. The molecular formula is C22H29ClN2O5S. The number of methoxy groups -OCH3 is 1. The van der Waals surface area contributed by atoms with Crippen molar-refractivity contribution in [3.05, 3.63) is 52.5 Å². The van der Waals surface area contributed by atoms with E-state index < -0.39 is 15.9 Å². The monoisotopic (exact) mass is 468 g/mol. The highest BCUT2D eigenvalue weighted by atomic mass is 35.5. The van der Waals surface area contributed by atoms with Gasteiger partial charge in [-0.2, -0.15) is 4.31 Å². The molecule has 1 amide bonds. The van der Waals surface area contributed by atoms with Gasteiger partial charge in [0.05, 0.1) is 29.2 Å². The number of hydrogen-bond donors (Lipinski definition) is 1. The van der Waals surface area contributed by atoms with Crippen molar-refractivity contribution in [1.82, 2.24) is 9.62 Å². The third kappa shape index (κ3) is 6.12. The van der Waals surface area contributed by atoms with Gasteiger partial charge in [-0.15, -0.1) is 0 Å². The van der Waals surface area contributed by atoms with E-state index >= 15 is 0 Å². The summed E-state index contributed by atoms with van der Waals surface area (Å²) in [7, 11) is -2.14. The van der Waals surface area contributed by atoms with Crippen molar-refractivity contribution in [1.29, 1.82) is 0 Å². The Bertz CT molecular complexity index is 1010. The first-order valence-electron chi connectivity index (χ1n) is 10.2. The Morgan fingerprint density at radius 3 is 2.39 bits per heavy atom. The third-order valence-electron chi connectivity index (χ3n) is 4.67. The minimum atomic E-state index is -3.70. The zero-order chi connectivity index (χ0) is 23.0. The zero-order valence-corrected chi connectivity index (χ0v) is 19.8. The van der Waals surface area contributed by atoms with Gasteiger partial charge in [-0.25, -0.2) is 8.42 Å². The van der Waals surface area contributed by atoms with E-state index in [1.54, 1.807) is 33.1 Å². The van der Waals surface area contributed by atoms with Gasteiger partial charge >= 0.3 is 0 Å². The molecule has 0 aromatic heterocycles. The number of carbonyl (C=O) groups excluding carboxylic acids is 1. The highest BCUT2D eigenvalue weighted by Crippen LogP contribution is 2.28. The van der Waals surface area contributed by atoms with Crippen LogP contribution >= 0.6 is 11.6 Å². The van der Waals surface area contributed by atoms with Gasteiger partial charge in [0.25, 0.3) is 5.91 Å². The molecule has 0 bridgehead atoms. The molecule has 0 unspecified atom stereocenters. The number of halogens is 1. The Kier molecular flexibility index (Phi) is 9.15. The van der Waals surface area contributed by atoms with Crippen molar-refractivity contribution in [2.45, 2.75) is 38.6 Å². The highest BCUT2D eigenvalue weighted by molar-refractivity contribution is 7.89. The number of nitrogens with one attached hydrogen (secondary N) is 1. The maximum atomic E-state index is 12.8. The molecule has 2 aromatic rings. The summed E-state index contributed by atoms with van der Waals surface area (Å²) in [5.74, 6) is 0.745. The van der Waals surface area contributed by atoms with Gasteiger partial charge in [0.2, 0.25) is 10.0 Å². The number of hydrogen-bond acceptors (Lipinski definition) is 5. The van der Waals surface area contributed by atoms with E-state index in [4.69, 9.17) is 21.1 Å². The van der Waals surface area contributed by atoms with Crippen LogP contribution in [0.4, 0.5) is 0 Å². The van der Waals surface area contributed by atoms with Crippen LogP contribution in [0, 0.1) is 0 Å². The van der Waals surface area contributed by atoms with Crippen LogP contribution in [-0.4, -0.2) is 45.4 Å². The Labute approximate surface area is 189 Å². The van der Waals surface area contributed by atoms with Gasteiger partial charge in [0.15, 0.2) is 11.5 Å². The molecule has 0 heterocycles. The van der Waals surface area contributed by atoms with Gasteiger partial charge in [0.1, 0.15) is 0 Å². The standard InChI is InChI=1S/C22H29ClN2O5S/c1-5-12-30-20-11-8-16(13-21(20)29-4)15-24-22(26)18-14-17(9-10-19(18)23)31(27,28)25(6-2)7-3/h8-11,13-14H,5-7,12,15H2,1-4H3,(H,24,26). The van der Waals surface area contributed by atoms with Gasteiger partial charge in [-0.3, -0.25) is 4.79 Å². The number of ether oxygens (including phenoxy) is 2. The average Bonchev–Trinajstić information content (AvgIpc) is 2.77. The van der Waals surface area contributed by atoms with Crippen molar-refractivity contribution in [2.24, 2.45) is 0 Å². The molecule has 0 spiro atoms. The quantitative estimate of drug-likeness (QED) is 0.536. The van der Waals surface area contributed by atoms with Crippen LogP contribution in [0.15, 0.2) is 41.3 Å². The first kappa shape index (κ1) is 25.0. The van der Waals surface area contributed by atoms with Gasteiger partial charge in [0, 0.05) is 19.6 Å². The highest BCUT2D eigenvalue weighted by Gasteiger charge is 2.23. The molecular weight excluding hydrogens is 440 g/mol. The Balaban J connectivity index is 2.19. The van der Waals surface area contributed by atoms with Crippen molar-refractivity contribution in [2.75, 3.05) is 26.8 Å². The van der Waals surface area contributed by atoms with Crippen molar-refractivity contribution in [3.63, 3.8) is 0 Å². The predicted octanol–water partition coefficient (Wildman–Crippen LogP) is 4.10. The fraction of sp³-hybridized carbons (Fsp3) is 0.409. The maximum absolute atomic E-state index is 12.8. The summed E-state index contributed by atoms with van der Waals surface area (Å²) in [6, 6.07) is 9.56. The van der Waals surface area contributed by atoms with Crippen LogP contribution in [0.3, 0.4) is 0 Å². The summed E-state index contributed by atoms with van der Waals surface area (Å²) in [5, 5.41) is 2.96. The second kappa shape index (κ2) is 11.4. The summed E-state index contributed by atoms with van der Waals surface area (Å²) in [6.45, 7) is 7.01. The first-order chi connectivity index (χ1) is 14.8. The number of benzene rings is 2. The lowest BCUT2D eigenvalue weighted by atomic mass is 10.1. The van der Waals surface area contributed by atoms with Crippen LogP contribution in [0.25, 0.3) is 0 Å². The maximum Gasteiger partial charge on any atom is 0.253 e. The summed E-state index contributed by atoms with van der Waals surface area (Å²) in [5.41, 5.74) is 0.904. The number of nitrogens with zero attached hydrogens (tertiary/aromatic N) is 1. The van der Waals surface area contributed by atoms with Gasteiger partial charge < -0.3 is 14.8 Å². The topological polar surface area (TPSA) is 84.9 Å². The molecule has 0 radical (unpaired) electrons. The second-order valence-electron chi connectivity index (χ2n) is 6.75. The lowest BCUT2D eigenvalue weighted by molar-refractivity contribution is 0.0951. The molecule has 0 aliphatic rings. The lowest BCUT2D eigenvalue weighted by Gasteiger charge is -2.19. The van der Waals surface area contributed by atoms with Crippen LogP contribution in [-0.2, 0) is 16.6 Å². The molecule has 0 atom stereocenters. The number of carbonyl (C=O) groups is 1. The van der Waals surface area contributed by atoms with Crippen LogP contribution in [0.1, 0.15) is 43.1 Å². The molecule has 1 N–H and O–H groups in total. The fourth-order valence-corrected chi connectivity index (χ4v) is 4.67. The van der Waals surface area contributed by atoms with E-state index in [1.807, 2.05) is 13.0 Å². The second-order valence-corrected chi connectivity index (χ2v) is 9.09. The number of amides is 1. The summed E-state index contributed by atoms with van der Waals surface area (Å²) >= 11 is 6.18. The van der Waals surface area contributed by atoms with Crippen LogP contribution < -0.4 is 14.8 Å². The molecule has 31 heavy (non-hydrogen) atoms. The van der Waals surface area contributed by atoms with E-state index in [1.165, 1.54) is 22.5 Å². The minimum Gasteiger partial charge on any atom is -0.493 e. The van der Waals surface area contributed by atoms with Crippen molar-refractivity contribution < 1.29 is 22.7 Å². The van der Waals surface area contributed by atoms with E-state index in [0.29, 0.717) is 31.2 Å². The Morgan fingerprint density at radius 2 is 1.77 bits per heavy atom. The van der Waals surface area contributed by atoms with Gasteiger partial charge in [-0.05, 0) is 42.3 Å². The lowest BCUT2D eigenvalue weighted by Crippen LogP contribution is -2.31. The molecule has 7 nitrogen and oxygen atoms in total. The van der Waals surface area contributed by atoms with E-state index in [0.717, 1.165) is 12.0 Å². The summed E-state index contributed by atoms with van der Waals surface area (Å²) < 4.78 is 37.8. The smallest absolute Gasteiger partial charge is 0.253 e. The van der Waals surface area contributed by atoms with E-state index in [9.17, 15) is 13.2 Å². The minimum absolute atomic E-state index is 0.0323. The molecule has 0 fully saturated rings. The molecule has 2 aromatic carbocycles. The number of sulfonamides is 1. The largest absolute Gasteiger partial charge is 0.493 e. The molecule has 0 aliphatic heterocycles. The first-order valence-corrected chi connectivity index (χ1v) is 12.0. The van der Waals surface area contributed by atoms with Crippen LogP contribution in [0.2, 0.25) is 5.02 Å². The molecule has 170 valence electrons. The van der Waals surface area contributed by atoms with E-state index in [2.05, 4.69) is 5.32 Å². The Hall–Kier alpha value is -2.29. The predicted molar refractivity (Wildman–Crippen MR) is 122 cm³/mol. The SMILES string of the molecule is CCCOc1ccc(CNC(=O)c2cc(S(=O)(=O)N(CC)CC)ccc2Cl)cc1OC. The van der Waals surface area contributed by atoms with E-state index in [-0.39, 0.29) is 22.0 Å². The Morgan fingerprint density at radius 1 is 1.06 bits per heavy atom. The van der Waals surface area contributed by atoms with Crippen molar-refractivity contribution >= 4 is 27.5 Å². The molecule has 0 saturated carbocycles. The molecule has 0 aliphatic carbocycles. The summed E-state index contributed by atoms with van der Waals surface area (Å²) in [4.78, 5) is 12.8. The molecule has 0 saturated heterocycles. The normalized spacial score (nSPS) is 11.4. The molecule has 9 heteroatoms.